The number of sulfonamides is 1. The first-order chi connectivity index (χ1) is 8.00. The van der Waals surface area contributed by atoms with Gasteiger partial charge in [0, 0.05) is 0 Å². The quantitative estimate of drug-likeness (QED) is 0.842. The van der Waals surface area contributed by atoms with E-state index in [2.05, 4.69) is 20.7 Å². The van der Waals surface area contributed by atoms with Crippen LogP contribution < -0.4 is 4.72 Å². The summed E-state index contributed by atoms with van der Waals surface area (Å²) in [6.07, 6.45) is 3.31. The van der Waals surface area contributed by atoms with Gasteiger partial charge in [0.1, 0.15) is 0 Å². The molecule has 0 saturated heterocycles. The summed E-state index contributed by atoms with van der Waals surface area (Å²) in [5.74, 6) is -0.0749. The first-order valence-electron chi connectivity index (χ1n) is 5.50. The molecule has 1 aromatic rings. The van der Waals surface area contributed by atoms with Crippen molar-refractivity contribution >= 4 is 31.6 Å². The minimum Gasteiger partial charge on any atom is -0.505 e. The Morgan fingerprint density at radius 2 is 1.94 bits per heavy atom. The molecule has 0 atom stereocenters. The van der Waals surface area contributed by atoms with E-state index in [0.717, 1.165) is 12.8 Å². The zero-order valence-electron chi connectivity index (χ0n) is 9.19. The predicted octanol–water partition coefficient (Wildman–Crippen LogP) is 2.84. The number of aromatic hydroxyl groups is 1. The number of anilines is 1. The number of rotatable bonds is 3. The third kappa shape index (κ3) is 2.74. The van der Waals surface area contributed by atoms with E-state index in [1.54, 1.807) is 18.2 Å². The molecule has 17 heavy (non-hydrogen) atoms. The third-order valence-electron chi connectivity index (χ3n) is 2.98. The molecule has 1 saturated carbocycles. The molecule has 0 spiro atoms. The van der Waals surface area contributed by atoms with Crippen LogP contribution in [0.5, 0.6) is 5.75 Å². The Hall–Kier alpha value is -0.750. The van der Waals surface area contributed by atoms with Crippen molar-refractivity contribution in [3.05, 3.63) is 22.7 Å². The number of para-hydroxylation sites is 1. The van der Waals surface area contributed by atoms with Crippen LogP contribution in [0.25, 0.3) is 0 Å². The molecule has 2 rings (SSSR count). The number of hydrogen-bond acceptors (Lipinski definition) is 3. The highest BCUT2D eigenvalue weighted by atomic mass is 79.9. The molecule has 0 aromatic heterocycles. The Kier molecular flexibility index (Phi) is 3.63. The van der Waals surface area contributed by atoms with Crippen molar-refractivity contribution in [1.29, 1.82) is 0 Å². The van der Waals surface area contributed by atoms with Gasteiger partial charge in [0.2, 0.25) is 10.0 Å². The number of nitrogens with one attached hydrogen (secondary N) is 1. The summed E-state index contributed by atoms with van der Waals surface area (Å²) in [4.78, 5) is 0. The number of hydrogen-bond donors (Lipinski definition) is 2. The average Bonchev–Trinajstić information content (AvgIpc) is 2.78. The summed E-state index contributed by atoms with van der Waals surface area (Å²) in [7, 11) is -3.38. The maximum atomic E-state index is 12.0. The van der Waals surface area contributed by atoms with Gasteiger partial charge in [-0.3, -0.25) is 4.72 Å². The lowest BCUT2D eigenvalue weighted by atomic mass is 10.3. The molecule has 94 valence electrons. The number of halogens is 1. The fourth-order valence-electron chi connectivity index (χ4n) is 2.03. The van der Waals surface area contributed by atoms with Gasteiger partial charge in [0.15, 0.2) is 5.75 Å². The van der Waals surface area contributed by atoms with Gasteiger partial charge in [0.05, 0.1) is 15.4 Å². The highest BCUT2D eigenvalue weighted by Crippen LogP contribution is 2.34. The number of phenolic OH excluding ortho intramolecular Hbond substituents is 1. The smallest absolute Gasteiger partial charge is 0.235 e. The fourth-order valence-corrected chi connectivity index (χ4v) is 3.99. The van der Waals surface area contributed by atoms with Crippen molar-refractivity contribution in [2.24, 2.45) is 0 Å². The van der Waals surface area contributed by atoms with Crippen molar-refractivity contribution in [2.75, 3.05) is 4.72 Å². The van der Waals surface area contributed by atoms with Gasteiger partial charge in [0.25, 0.3) is 0 Å². The van der Waals surface area contributed by atoms with Crippen molar-refractivity contribution in [1.82, 2.24) is 0 Å². The van der Waals surface area contributed by atoms with E-state index in [-0.39, 0.29) is 16.7 Å². The van der Waals surface area contributed by atoms with Crippen LogP contribution in [0.3, 0.4) is 0 Å². The summed E-state index contributed by atoms with van der Waals surface area (Å²) < 4.78 is 27.0. The first kappa shape index (κ1) is 12.7. The molecule has 0 unspecified atom stereocenters. The van der Waals surface area contributed by atoms with Crippen LogP contribution in [0.15, 0.2) is 22.7 Å². The summed E-state index contributed by atoms with van der Waals surface area (Å²) in [5, 5.41) is 9.40. The van der Waals surface area contributed by atoms with Gasteiger partial charge in [-0.05, 0) is 40.9 Å². The van der Waals surface area contributed by atoms with Crippen LogP contribution in [0, 0.1) is 0 Å². The summed E-state index contributed by atoms with van der Waals surface area (Å²) >= 11 is 3.15. The Balaban J connectivity index is 2.23. The van der Waals surface area contributed by atoms with Crippen LogP contribution in [-0.4, -0.2) is 18.8 Å². The lowest BCUT2D eigenvalue weighted by Gasteiger charge is -2.14. The lowest BCUT2D eigenvalue weighted by Crippen LogP contribution is -2.25. The highest BCUT2D eigenvalue weighted by Gasteiger charge is 2.29. The zero-order chi connectivity index (χ0) is 12.5. The summed E-state index contributed by atoms with van der Waals surface area (Å²) in [5.41, 5.74) is 0.228. The van der Waals surface area contributed by atoms with Crippen LogP contribution in [0.4, 0.5) is 5.69 Å². The fraction of sp³-hybridized carbons (Fsp3) is 0.455. The molecule has 1 aromatic carbocycles. The maximum Gasteiger partial charge on any atom is 0.235 e. The van der Waals surface area contributed by atoms with Gasteiger partial charge in [-0.15, -0.1) is 0 Å². The molecule has 0 bridgehead atoms. The van der Waals surface area contributed by atoms with Crippen LogP contribution in [0.1, 0.15) is 25.7 Å². The molecule has 1 aliphatic carbocycles. The minimum atomic E-state index is -3.38. The van der Waals surface area contributed by atoms with Crippen molar-refractivity contribution in [2.45, 2.75) is 30.9 Å². The molecule has 6 heteroatoms. The summed E-state index contributed by atoms with van der Waals surface area (Å²) in [6, 6.07) is 4.88. The number of phenols is 1. The van der Waals surface area contributed by atoms with Gasteiger partial charge in [-0.25, -0.2) is 8.42 Å². The van der Waals surface area contributed by atoms with Crippen molar-refractivity contribution in [3.63, 3.8) is 0 Å². The second kappa shape index (κ2) is 4.86. The minimum absolute atomic E-state index is 0.0749. The summed E-state index contributed by atoms with van der Waals surface area (Å²) in [6.45, 7) is 0. The molecular weight excluding hydrogens is 306 g/mol. The predicted molar refractivity (Wildman–Crippen MR) is 70.6 cm³/mol. The van der Waals surface area contributed by atoms with Gasteiger partial charge >= 0.3 is 0 Å². The zero-order valence-corrected chi connectivity index (χ0v) is 11.6. The van der Waals surface area contributed by atoms with Crippen LogP contribution >= 0.6 is 15.9 Å². The van der Waals surface area contributed by atoms with E-state index < -0.39 is 10.0 Å². The van der Waals surface area contributed by atoms with E-state index in [9.17, 15) is 13.5 Å². The standard InChI is InChI=1S/C11H14BrNO3S/c12-9-6-3-7-10(11(9)14)13-17(15,16)8-4-1-2-5-8/h3,6-8,13-14H,1-2,4-5H2. The molecule has 0 amide bonds. The van der Waals surface area contributed by atoms with Gasteiger partial charge < -0.3 is 5.11 Å². The van der Waals surface area contributed by atoms with E-state index in [0.29, 0.717) is 17.3 Å². The van der Waals surface area contributed by atoms with E-state index in [1.165, 1.54) is 0 Å². The van der Waals surface area contributed by atoms with Gasteiger partial charge in [-0.2, -0.15) is 0 Å². The molecule has 2 N–H and O–H groups in total. The average molecular weight is 320 g/mol. The molecule has 4 nitrogen and oxygen atoms in total. The molecule has 1 fully saturated rings. The Labute approximate surface area is 109 Å². The molecular formula is C11H14BrNO3S. The molecule has 0 radical (unpaired) electrons. The Morgan fingerprint density at radius 3 is 2.59 bits per heavy atom. The second-order valence-corrected chi connectivity index (χ2v) is 7.00. The van der Waals surface area contributed by atoms with Crippen LogP contribution in [-0.2, 0) is 10.0 Å². The first-order valence-corrected chi connectivity index (χ1v) is 7.84. The van der Waals surface area contributed by atoms with E-state index >= 15 is 0 Å². The largest absolute Gasteiger partial charge is 0.505 e. The highest BCUT2D eigenvalue weighted by molar-refractivity contribution is 9.10. The lowest BCUT2D eigenvalue weighted by molar-refractivity contribution is 0.474. The maximum absolute atomic E-state index is 12.0. The van der Waals surface area contributed by atoms with E-state index in [1.807, 2.05) is 0 Å². The van der Waals surface area contributed by atoms with Crippen LogP contribution in [0.2, 0.25) is 0 Å². The molecule has 0 aliphatic heterocycles. The monoisotopic (exact) mass is 319 g/mol. The van der Waals surface area contributed by atoms with E-state index in [4.69, 9.17) is 0 Å². The second-order valence-electron chi connectivity index (χ2n) is 4.19. The topological polar surface area (TPSA) is 66.4 Å². The van der Waals surface area contributed by atoms with Crippen molar-refractivity contribution < 1.29 is 13.5 Å². The Morgan fingerprint density at radius 1 is 1.29 bits per heavy atom. The van der Waals surface area contributed by atoms with Gasteiger partial charge in [-0.1, -0.05) is 18.9 Å². The van der Waals surface area contributed by atoms with Crippen molar-refractivity contribution in [3.8, 4) is 5.75 Å². The Bertz CT molecular complexity index is 509. The normalized spacial score (nSPS) is 17.2. The third-order valence-corrected chi connectivity index (χ3v) is 5.47. The number of benzene rings is 1. The molecule has 0 heterocycles. The SMILES string of the molecule is O=S(=O)(Nc1cccc(Br)c1O)C1CCCC1. The molecule has 1 aliphatic rings.